The quantitative estimate of drug-likeness (QED) is 0.773. The fourth-order valence-electron chi connectivity index (χ4n) is 1.67. The van der Waals surface area contributed by atoms with Crippen LogP contribution in [-0.2, 0) is 4.79 Å². The number of halogens is 1. The van der Waals surface area contributed by atoms with Crippen LogP contribution in [0.1, 0.15) is 33.1 Å². The Kier molecular flexibility index (Phi) is 5.98. The summed E-state index contributed by atoms with van der Waals surface area (Å²) in [6.45, 7) is 4.81. The number of hydrogen-bond donors (Lipinski definition) is 1. The zero-order valence-electron chi connectivity index (χ0n) is 10.2. The predicted molar refractivity (Wildman–Crippen MR) is 72.2 cm³/mol. The van der Waals surface area contributed by atoms with Gasteiger partial charge in [-0.25, -0.2) is 0 Å². The second kappa shape index (κ2) is 6.75. The normalized spacial score (nSPS) is 18.4. The molecule has 1 saturated heterocycles. The Morgan fingerprint density at radius 1 is 1.44 bits per heavy atom. The molecule has 0 saturated carbocycles. The lowest BCUT2D eigenvalue weighted by molar-refractivity contribution is -0.122. The molecule has 4 heteroatoms. The third kappa shape index (κ3) is 5.44. The smallest absolute Gasteiger partial charge is 0.220 e. The second-order valence-electron chi connectivity index (χ2n) is 5.33. The zero-order valence-corrected chi connectivity index (χ0v) is 11.8. The molecule has 1 aliphatic heterocycles. The fraction of sp³-hybridized carbons (Fsp3) is 0.917. The van der Waals surface area contributed by atoms with Crippen molar-refractivity contribution < 1.29 is 4.79 Å². The molecule has 0 aromatic rings. The van der Waals surface area contributed by atoms with E-state index in [-0.39, 0.29) is 11.3 Å². The summed E-state index contributed by atoms with van der Waals surface area (Å²) < 4.78 is 0. The minimum absolute atomic E-state index is 0.000365. The van der Waals surface area contributed by atoms with E-state index in [0.29, 0.717) is 24.8 Å². The first kappa shape index (κ1) is 14.2. The van der Waals surface area contributed by atoms with Crippen molar-refractivity contribution in [1.82, 2.24) is 5.32 Å². The average molecular weight is 264 g/mol. The van der Waals surface area contributed by atoms with Crippen molar-refractivity contribution in [2.75, 3.05) is 23.9 Å². The maximum Gasteiger partial charge on any atom is 0.220 e. The maximum absolute atomic E-state index is 11.7. The van der Waals surface area contributed by atoms with E-state index in [4.69, 9.17) is 11.6 Å². The molecular formula is C12H22ClNOS. The van der Waals surface area contributed by atoms with Gasteiger partial charge in [0, 0.05) is 18.8 Å². The molecule has 94 valence electrons. The predicted octanol–water partition coefficient (Wildman–Crippen LogP) is 2.90. The Hall–Kier alpha value is 0.110. The number of thioether (sulfide) groups is 1. The molecule has 1 fully saturated rings. The molecule has 0 aromatic carbocycles. The van der Waals surface area contributed by atoms with Crippen LogP contribution >= 0.6 is 23.4 Å². The molecule has 1 heterocycles. The lowest BCUT2D eigenvalue weighted by Crippen LogP contribution is -2.36. The van der Waals surface area contributed by atoms with Crippen molar-refractivity contribution in [1.29, 1.82) is 0 Å². The van der Waals surface area contributed by atoms with Crippen molar-refractivity contribution in [3.8, 4) is 0 Å². The largest absolute Gasteiger partial charge is 0.356 e. The van der Waals surface area contributed by atoms with Gasteiger partial charge in [0.15, 0.2) is 0 Å². The number of rotatable bonds is 5. The van der Waals surface area contributed by atoms with Gasteiger partial charge in [-0.05, 0) is 35.7 Å². The Morgan fingerprint density at radius 3 is 2.62 bits per heavy atom. The summed E-state index contributed by atoms with van der Waals surface area (Å²) in [6.07, 6.45) is 3.08. The SMILES string of the molecule is CC(C)(CCl)CNC(=O)CC1CCSCC1. The van der Waals surface area contributed by atoms with E-state index >= 15 is 0 Å². The topological polar surface area (TPSA) is 29.1 Å². The van der Waals surface area contributed by atoms with Crippen LogP contribution in [0.5, 0.6) is 0 Å². The Labute approximate surface area is 108 Å². The van der Waals surface area contributed by atoms with Crippen LogP contribution in [0.4, 0.5) is 0 Å². The molecule has 16 heavy (non-hydrogen) atoms. The first-order valence-electron chi connectivity index (χ1n) is 5.94. The number of amides is 1. The number of alkyl halides is 1. The summed E-state index contributed by atoms with van der Waals surface area (Å²) in [4.78, 5) is 11.7. The number of carbonyl (C=O) groups is 1. The molecule has 1 rings (SSSR count). The second-order valence-corrected chi connectivity index (χ2v) is 6.83. The maximum atomic E-state index is 11.7. The molecule has 0 bridgehead atoms. The van der Waals surface area contributed by atoms with Crippen LogP contribution in [0, 0.1) is 11.3 Å². The first-order valence-corrected chi connectivity index (χ1v) is 7.63. The van der Waals surface area contributed by atoms with Crippen molar-refractivity contribution >= 4 is 29.3 Å². The summed E-state index contributed by atoms with van der Waals surface area (Å²) in [5.41, 5.74) is -0.000365. The van der Waals surface area contributed by atoms with Crippen molar-refractivity contribution in [3.05, 3.63) is 0 Å². The molecule has 0 atom stereocenters. The number of carbonyl (C=O) groups excluding carboxylic acids is 1. The highest BCUT2D eigenvalue weighted by molar-refractivity contribution is 7.99. The third-order valence-corrected chi connectivity index (χ3v) is 4.71. The standard InChI is InChI=1S/C12H22ClNOS/c1-12(2,8-13)9-14-11(15)7-10-3-5-16-6-4-10/h10H,3-9H2,1-2H3,(H,14,15). The van der Waals surface area contributed by atoms with E-state index in [9.17, 15) is 4.79 Å². The molecule has 0 unspecified atom stereocenters. The molecule has 1 amide bonds. The van der Waals surface area contributed by atoms with Crippen LogP contribution in [0.3, 0.4) is 0 Å². The Balaban J connectivity index is 2.19. The van der Waals surface area contributed by atoms with Gasteiger partial charge < -0.3 is 5.32 Å². The van der Waals surface area contributed by atoms with Gasteiger partial charge in [-0.2, -0.15) is 11.8 Å². The van der Waals surface area contributed by atoms with Gasteiger partial charge in [-0.15, -0.1) is 11.6 Å². The van der Waals surface area contributed by atoms with E-state index < -0.39 is 0 Å². The van der Waals surface area contributed by atoms with E-state index in [1.54, 1.807) is 0 Å². The molecule has 1 aliphatic rings. The van der Waals surface area contributed by atoms with Gasteiger partial charge in [-0.3, -0.25) is 4.79 Å². The van der Waals surface area contributed by atoms with E-state index in [1.165, 1.54) is 24.3 Å². The molecule has 0 spiro atoms. The van der Waals surface area contributed by atoms with E-state index in [1.807, 2.05) is 11.8 Å². The van der Waals surface area contributed by atoms with E-state index in [0.717, 1.165) is 0 Å². The van der Waals surface area contributed by atoms with Gasteiger partial charge in [0.05, 0.1) is 0 Å². The van der Waals surface area contributed by atoms with Crippen molar-refractivity contribution in [2.45, 2.75) is 33.1 Å². The highest BCUT2D eigenvalue weighted by atomic mass is 35.5. The molecule has 1 N–H and O–H groups in total. The van der Waals surface area contributed by atoms with Gasteiger partial charge in [0.1, 0.15) is 0 Å². The summed E-state index contributed by atoms with van der Waals surface area (Å²) in [7, 11) is 0. The minimum atomic E-state index is -0.000365. The average Bonchev–Trinajstić information content (AvgIpc) is 2.28. The van der Waals surface area contributed by atoms with Crippen LogP contribution in [-0.4, -0.2) is 29.8 Å². The molecular weight excluding hydrogens is 242 g/mol. The summed E-state index contributed by atoms with van der Waals surface area (Å²) in [6, 6.07) is 0. The fourth-order valence-corrected chi connectivity index (χ4v) is 2.97. The van der Waals surface area contributed by atoms with E-state index in [2.05, 4.69) is 19.2 Å². The lowest BCUT2D eigenvalue weighted by Gasteiger charge is -2.24. The number of nitrogens with one attached hydrogen (secondary N) is 1. The van der Waals surface area contributed by atoms with Crippen molar-refractivity contribution in [3.63, 3.8) is 0 Å². The Morgan fingerprint density at radius 2 is 2.06 bits per heavy atom. The molecule has 0 aromatic heterocycles. The molecule has 0 radical (unpaired) electrons. The highest BCUT2D eigenvalue weighted by Gasteiger charge is 2.20. The van der Waals surface area contributed by atoms with Crippen LogP contribution in [0.15, 0.2) is 0 Å². The minimum Gasteiger partial charge on any atom is -0.356 e. The van der Waals surface area contributed by atoms with Crippen LogP contribution < -0.4 is 5.32 Å². The van der Waals surface area contributed by atoms with Crippen LogP contribution in [0.25, 0.3) is 0 Å². The lowest BCUT2D eigenvalue weighted by atomic mass is 9.95. The summed E-state index contributed by atoms with van der Waals surface area (Å²) in [5.74, 6) is 3.79. The molecule has 0 aliphatic carbocycles. The summed E-state index contributed by atoms with van der Waals surface area (Å²) in [5, 5.41) is 2.99. The van der Waals surface area contributed by atoms with Gasteiger partial charge >= 0.3 is 0 Å². The first-order chi connectivity index (χ1) is 7.53. The monoisotopic (exact) mass is 263 g/mol. The molecule has 2 nitrogen and oxygen atoms in total. The van der Waals surface area contributed by atoms with Gasteiger partial charge in [-0.1, -0.05) is 13.8 Å². The number of hydrogen-bond acceptors (Lipinski definition) is 2. The third-order valence-electron chi connectivity index (χ3n) is 2.94. The highest BCUT2D eigenvalue weighted by Crippen LogP contribution is 2.25. The zero-order chi connectivity index (χ0) is 12.0. The van der Waals surface area contributed by atoms with Crippen molar-refractivity contribution in [2.24, 2.45) is 11.3 Å². The Bertz CT molecular complexity index is 227. The van der Waals surface area contributed by atoms with Crippen LogP contribution in [0.2, 0.25) is 0 Å². The van der Waals surface area contributed by atoms with Gasteiger partial charge in [0.25, 0.3) is 0 Å². The van der Waals surface area contributed by atoms with Gasteiger partial charge in [0.2, 0.25) is 5.91 Å². The summed E-state index contributed by atoms with van der Waals surface area (Å²) >= 11 is 7.81.